The molecule has 0 aliphatic rings. The zero-order chi connectivity index (χ0) is 29.4. The second kappa shape index (κ2) is 32.4. The molecule has 5 nitrogen and oxygen atoms in total. The summed E-state index contributed by atoms with van der Waals surface area (Å²) in [5.41, 5.74) is 0. The number of hydrogen-bond acceptors (Lipinski definition) is 3. The summed E-state index contributed by atoms with van der Waals surface area (Å²) in [6, 6.07) is 0. The monoisotopic (exact) mass is 566 g/mol. The summed E-state index contributed by atoms with van der Waals surface area (Å²) in [6.45, 7) is 10.2. The third-order valence-corrected chi connectivity index (χ3v) is 8.24. The first-order valence-electron chi connectivity index (χ1n) is 17.9. The maximum absolute atomic E-state index is 12.4. The Bertz CT molecular complexity index is 499. The van der Waals surface area contributed by atoms with Crippen LogP contribution in [-0.2, 0) is 9.59 Å². The fourth-order valence-electron chi connectivity index (χ4n) is 5.44. The standard InChI is InChI=1S/C35H71N3O2/c1-4-7-9-11-13-15-17-19-21-23-30-37-34(39)27-25-33(29-32-36-6-3)26-28-35(40)38-31-24-22-20-18-16-14-12-10-8-5-2/h33,36H,4-32H2,1-3H3,(H,37,39)(H,38,40). The van der Waals surface area contributed by atoms with Crippen molar-refractivity contribution in [1.82, 2.24) is 16.0 Å². The van der Waals surface area contributed by atoms with Crippen molar-refractivity contribution in [3.8, 4) is 0 Å². The average molecular weight is 566 g/mol. The molecule has 0 aliphatic heterocycles. The minimum Gasteiger partial charge on any atom is -0.356 e. The molecule has 0 saturated heterocycles. The highest BCUT2D eigenvalue weighted by Crippen LogP contribution is 2.18. The summed E-state index contributed by atoms with van der Waals surface area (Å²) in [6.07, 6.45) is 30.3. The molecule has 2 amide bonds. The van der Waals surface area contributed by atoms with E-state index < -0.39 is 0 Å². The van der Waals surface area contributed by atoms with Gasteiger partial charge in [-0.3, -0.25) is 9.59 Å². The summed E-state index contributed by atoms with van der Waals surface area (Å²) in [5, 5.41) is 9.65. The van der Waals surface area contributed by atoms with Gasteiger partial charge in [-0.1, -0.05) is 136 Å². The highest BCUT2D eigenvalue weighted by atomic mass is 16.2. The second-order valence-electron chi connectivity index (χ2n) is 12.1. The Labute approximate surface area is 250 Å². The Morgan fingerprint density at radius 3 is 1.15 bits per heavy atom. The van der Waals surface area contributed by atoms with Crippen LogP contribution in [0.3, 0.4) is 0 Å². The van der Waals surface area contributed by atoms with Crippen molar-refractivity contribution >= 4 is 11.8 Å². The SMILES string of the molecule is CCCCCCCCCCCCNC(=O)CCC(CCNCC)CCC(=O)NCCCCCCCCCCCC. The molecule has 238 valence electrons. The Morgan fingerprint density at radius 2 is 0.800 bits per heavy atom. The molecule has 0 aromatic rings. The van der Waals surface area contributed by atoms with Crippen LogP contribution in [0.2, 0.25) is 0 Å². The maximum atomic E-state index is 12.4. The molecule has 0 aliphatic carbocycles. The minimum atomic E-state index is 0.176. The van der Waals surface area contributed by atoms with E-state index in [-0.39, 0.29) is 11.8 Å². The van der Waals surface area contributed by atoms with Gasteiger partial charge in [0.25, 0.3) is 0 Å². The first-order valence-corrected chi connectivity index (χ1v) is 17.9. The van der Waals surface area contributed by atoms with Gasteiger partial charge in [0.2, 0.25) is 11.8 Å². The summed E-state index contributed by atoms with van der Waals surface area (Å²) >= 11 is 0. The molecule has 3 N–H and O–H groups in total. The van der Waals surface area contributed by atoms with Crippen LogP contribution in [0.1, 0.15) is 181 Å². The van der Waals surface area contributed by atoms with E-state index in [1.165, 1.54) is 116 Å². The third kappa shape index (κ3) is 29.9. The third-order valence-electron chi connectivity index (χ3n) is 8.24. The molecule has 0 atom stereocenters. The van der Waals surface area contributed by atoms with E-state index in [2.05, 4.69) is 36.7 Å². The van der Waals surface area contributed by atoms with E-state index >= 15 is 0 Å². The van der Waals surface area contributed by atoms with Gasteiger partial charge in [-0.2, -0.15) is 0 Å². The Hall–Kier alpha value is -1.10. The summed E-state index contributed by atoms with van der Waals surface area (Å²) < 4.78 is 0. The fourth-order valence-corrected chi connectivity index (χ4v) is 5.44. The number of unbranched alkanes of at least 4 members (excludes halogenated alkanes) is 18. The van der Waals surface area contributed by atoms with Crippen molar-refractivity contribution < 1.29 is 9.59 Å². The van der Waals surface area contributed by atoms with Crippen LogP contribution in [-0.4, -0.2) is 38.0 Å². The predicted octanol–water partition coefficient (Wildman–Crippen LogP) is 9.24. The van der Waals surface area contributed by atoms with Crippen molar-refractivity contribution in [2.75, 3.05) is 26.2 Å². The summed E-state index contributed by atoms with van der Waals surface area (Å²) in [4.78, 5) is 24.8. The zero-order valence-corrected chi connectivity index (χ0v) is 27.4. The molecule has 0 aromatic carbocycles. The van der Waals surface area contributed by atoms with Gasteiger partial charge < -0.3 is 16.0 Å². The lowest BCUT2D eigenvalue weighted by molar-refractivity contribution is -0.121. The molecule has 0 aromatic heterocycles. The van der Waals surface area contributed by atoms with Crippen LogP contribution < -0.4 is 16.0 Å². The molecule has 0 bridgehead atoms. The van der Waals surface area contributed by atoms with Crippen molar-refractivity contribution in [2.45, 2.75) is 181 Å². The van der Waals surface area contributed by atoms with Gasteiger partial charge in [0, 0.05) is 25.9 Å². The van der Waals surface area contributed by atoms with Crippen molar-refractivity contribution in [2.24, 2.45) is 5.92 Å². The number of rotatable bonds is 32. The number of hydrogen-bond donors (Lipinski definition) is 3. The molecule has 0 fully saturated rings. The van der Waals surface area contributed by atoms with E-state index in [0.717, 1.165) is 58.3 Å². The van der Waals surface area contributed by atoms with E-state index in [1.54, 1.807) is 0 Å². The molecular formula is C35H71N3O2. The van der Waals surface area contributed by atoms with Gasteiger partial charge in [0.15, 0.2) is 0 Å². The molecule has 0 radical (unpaired) electrons. The van der Waals surface area contributed by atoms with Crippen LogP contribution in [0.5, 0.6) is 0 Å². The Morgan fingerprint density at radius 1 is 0.450 bits per heavy atom. The predicted molar refractivity (Wildman–Crippen MR) is 175 cm³/mol. The van der Waals surface area contributed by atoms with Gasteiger partial charge in [0.05, 0.1) is 0 Å². The zero-order valence-electron chi connectivity index (χ0n) is 27.4. The highest BCUT2D eigenvalue weighted by Gasteiger charge is 2.13. The number of amides is 2. The van der Waals surface area contributed by atoms with Gasteiger partial charge in [-0.15, -0.1) is 0 Å². The smallest absolute Gasteiger partial charge is 0.220 e. The van der Waals surface area contributed by atoms with Gasteiger partial charge in [-0.05, 0) is 51.1 Å². The van der Waals surface area contributed by atoms with E-state index in [9.17, 15) is 9.59 Å². The molecule has 0 unspecified atom stereocenters. The number of nitrogens with one attached hydrogen (secondary N) is 3. The number of carbonyl (C=O) groups excluding carboxylic acids is 2. The molecular weight excluding hydrogens is 494 g/mol. The quantitative estimate of drug-likeness (QED) is 0.0712. The van der Waals surface area contributed by atoms with Crippen molar-refractivity contribution in [1.29, 1.82) is 0 Å². The molecule has 0 spiro atoms. The van der Waals surface area contributed by atoms with Crippen molar-refractivity contribution in [3.05, 3.63) is 0 Å². The maximum Gasteiger partial charge on any atom is 0.220 e. The van der Waals surface area contributed by atoms with Crippen LogP contribution >= 0.6 is 0 Å². The van der Waals surface area contributed by atoms with E-state index in [1.807, 2.05) is 0 Å². The Kier molecular flexibility index (Phi) is 31.5. The first-order chi connectivity index (χ1) is 19.6. The molecule has 5 heteroatoms. The largest absolute Gasteiger partial charge is 0.356 e. The lowest BCUT2D eigenvalue weighted by Crippen LogP contribution is -2.27. The van der Waals surface area contributed by atoms with E-state index in [0.29, 0.717) is 18.8 Å². The number of carbonyl (C=O) groups is 2. The van der Waals surface area contributed by atoms with Crippen molar-refractivity contribution in [3.63, 3.8) is 0 Å². The average Bonchev–Trinajstić information content (AvgIpc) is 2.95. The normalized spacial score (nSPS) is 11.3. The lowest BCUT2D eigenvalue weighted by Gasteiger charge is -2.17. The minimum absolute atomic E-state index is 0.176. The van der Waals surface area contributed by atoms with Crippen LogP contribution in [0.25, 0.3) is 0 Å². The van der Waals surface area contributed by atoms with Gasteiger partial charge in [0.1, 0.15) is 0 Å². The lowest BCUT2D eigenvalue weighted by atomic mass is 9.93. The molecule has 0 heterocycles. The molecule has 0 saturated carbocycles. The first kappa shape index (κ1) is 38.9. The second-order valence-corrected chi connectivity index (χ2v) is 12.1. The highest BCUT2D eigenvalue weighted by molar-refractivity contribution is 5.76. The molecule has 40 heavy (non-hydrogen) atoms. The summed E-state index contributed by atoms with van der Waals surface area (Å²) in [5.74, 6) is 0.773. The van der Waals surface area contributed by atoms with Crippen LogP contribution in [0.4, 0.5) is 0 Å². The van der Waals surface area contributed by atoms with E-state index in [4.69, 9.17) is 0 Å². The topological polar surface area (TPSA) is 70.2 Å². The van der Waals surface area contributed by atoms with Gasteiger partial charge >= 0.3 is 0 Å². The molecule has 0 rings (SSSR count). The Balaban J connectivity index is 3.85. The van der Waals surface area contributed by atoms with Gasteiger partial charge in [-0.25, -0.2) is 0 Å². The van der Waals surface area contributed by atoms with Crippen LogP contribution in [0, 0.1) is 5.92 Å². The summed E-state index contributed by atoms with van der Waals surface area (Å²) in [7, 11) is 0. The van der Waals surface area contributed by atoms with Crippen LogP contribution in [0.15, 0.2) is 0 Å². The fraction of sp³-hybridized carbons (Fsp3) is 0.943.